The van der Waals surface area contributed by atoms with E-state index in [2.05, 4.69) is 12.5 Å². The molecule has 0 bridgehead atoms. The van der Waals surface area contributed by atoms with Gasteiger partial charge in [-0.3, -0.25) is 4.79 Å². The highest BCUT2D eigenvalue weighted by Crippen LogP contribution is 2.11. The summed E-state index contributed by atoms with van der Waals surface area (Å²) in [4.78, 5) is 9.00. The van der Waals surface area contributed by atoms with Gasteiger partial charge in [-0.1, -0.05) is 12.0 Å². The predicted molar refractivity (Wildman–Crippen MR) is 56.8 cm³/mol. The lowest BCUT2D eigenvalue weighted by molar-refractivity contribution is -0.134. The van der Waals surface area contributed by atoms with Gasteiger partial charge in [-0.15, -0.1) is 13.0 Å². The molecule has 0 saturated heterocycles. The van der Waals surface area contributed by atoms with Crippen molar-refractivity contribution >= 4 is 5.97 Å². The summed E-state index contributed by atoms with van der Waals surface area (Å²) in [5, 5.41) is 16.7. The highest BCUT2D eigenvalue weighted by atomic mass is 16.4. The molecule has 0 spiro atoms. The second-order valence-corrected chi connectivity index (χ2v) is 3.12. The zero-order chi connectivity index (χ0) is 11.6. The van der Waals surface area contributed by atoms with Crippen LogP contribution < -0.4 is 0 Å². The van der Waals surface area contributed by atoms with Gasteiger partial charge in [0.05, 0.1) is 0 Å². The van der Waals surface area contributed by atoms with Crippen LogP contribution in [0.1, 0.15) is 33.1 Å². The van der Waals surface area contributed by atoms with E-state index in [-0.39, 0.29) is 0 Å². The van der Waals surface area contributed by atoms with Crippen molar-refractivity contribution in [2.24, 2.45) is 0 Å². The molecule has 0 aromatic rings. The average molecular weight is 198 g/mol. The molecule has 0 fully saturated rings. The average Bonchev–Trinajstić information content (AvgIpc) is 2.04. The number of hydrogen-bond acceptors (Lipinski definition) is 2. The molecule has 0 rings (SSSR count). The van der Waals surface area contributed by atoms with Gasteiger partial charge in [-0.25, -0.2) is 0 Å². The molecular weight excluding hydrogens is 180 g/mol. The van der Waals surface area contributed by atoms with Gasteiger partial charge in [0.2, 0.25) is 0 Å². The summed E-state index contributed by atoms with van der Waals surface area (Å²) in [5.74, 6) is 1.49. The Morgan fingerprint density at radius 2 is 2.14 bits per heavy atom. The zero-order valence-electron chi connectivity index (χ0n) is 8.79. The molecule has 0 aromatic carbocycles. The van der Waals surface area contributed by atoms with Gasteiger partial charge in [0.25, 0.3) is 5.97 Å². The lowest BCUT2D eigenvalue weighted by atomic mass is 10.0. The Morgan fingerprint density at radius 3 is 2.43 bits per heavy atom. The van der Waals surface area contributed by atoms with Crippen LogP contribution in [0.5, 0.6) is 0 Å². The number of rotatable bonds is 4. The summed E-state index contributed by atoms with van der Waals surface area (Å²) in [6, 6.07) is 0. The summed E-state index contributed by atoms with van der Waals surface area (Å²) >= 11 is 0. The second kappa shape index (κ2) is 8.33. The van der Waals surface area contributed by atoms with E-state index in [1.807, 2.05) is 6.08 Å². The monoisotopic (exact) mass is 198 g/mol. The molecule has 0 aliphatic rings. The number of unbranched alkanes of at least 4 members (excludes halogenated alkanes) is 1. The molecule has 2 N–H and O–H groups in total. The number of terminal acetylenes is 1. The highest BCUT2D eigenvalue weighted by molar-refractivity contribution is 5.62. The first-order valence-electron chi connectivity index (χ1n) is 4.36. The molecule has 0 aliphatic heterocycles. The smallest absolute Gasteiger partial charge is 0.300 e. The van der Waals surface area contributed by atoms with Crippen molar-refractivity contribution in [2.75, 3.05) is 0 Å². The van der Waals surface area contributed by atoms with Gasteiger partial charge in [-0.05, 0) is 26.2 Å². The van der Waals surface area contributed by atoms with Crippen molar-refractivity contribution < 1.29 is 15.0 Å². The molecule has 1 atom stereocenters. The van der Waals surface area contributed by atoms with Crippen molar-refractivity contribution in [2.45, 2.75) is 38.7 Å². The molecule has 0 aliphatic carbocycles. The first-order chi connectivity index (χ1) is 6.35. The number of aliphatic carboxylic acids is 1. The summed E-state index contributed by atoms with van der Waals surface area (Å²) in [7, 11) is 0. The Labute approximate surface area is 85.5 Å². The Balaban J connectivity index is 0. The second-order valence-electron chi connectivity index (χ2n) is 3.12. The summed E-state index contributed by atoms with van der Waals surface area (Å²) in [5.41, 5.74) is -0.928. The van der Waals surface area contributed by atoms with E-state index in [1.54, 1.807) is 6.92 Å². The lowest BCUT2D eigenvalue weighted by Gasteiger charge is -2.14. The van der Waals surface area contributed by atoms with E-state index in [4.69, 9.17) is 16.3 Å². The molecule has 0 aromatic heterocycles. The third-order valence-corrected chi connectivity index (χ3v) is 1.38. The minimum atomic E-state index is -0.928. The van der Waals surface area contributed by atoms with Crippen LogP contribution in [0.4, 0.5) is 0 Å². The normalized spacial score (nSPS) is 12.7. The molecule has 0 heterocycles. The van der Waals surface area contributed by atoms with Crippen LogP contribution in [0.3, 0.4) is 0 Å². The van der Waals surface area contributed by atoms with Crippen LogP contribution in [-0.4, -0.2) is 21.8 Å². The maximum Gasteiger partial charge on any atom is 0.300 e. The Morgan fingerprint density at radius 1 is 1.71 bits per heavy atom. The fourth-order valence-electron chi connectivity index (χ4n) is 0.663. The van der Waals surface area contributed by atoms with Crippen molar-refractivity contribution in [1.82, 2.24) is 0 Å². The van der Waals surface area contributed by atoms with Gasteiger partial charge >= 0.3 is 0 Å². The standard InChI is InChI=1S/C9H14O.C2H4O2/c1-4-6-7-8-9(3,10)5-2;1-2(3)4/h2,4,10H,1,6-8H2,3H3;1H3,(H,3,4). The predicted octanol–water partition coefficient (Wildman–Crippen LogP) is 1.82. The van der Waals surface area contributed by atoms with Gasteiger partial charge in [0, 0.05) is 6.92 Å². The SMILES string of the molecule is C#CC(C)(O)CCCC=C.CC(=O)O. The van der Waals surface area contributed by atoms with E-state index in [1.165, 1.54) is 0 Å². The number of carbonyl (C=O) groups is 1. The van der Waals surface area contributed by atoms with Gasteiger partial charge in [0.15, 0.2) is 0 Å². The zero-order valence-corrected chi connectivity index (χ0v) is 8.79. The van der Waals surface area contributed by atoms with E-state index < -0.39 is 11.6 Å². The van der Waals surface area contributed by atoms with Crippen molar-refractivity contribution in [3.63, 3.8) is 0 Å². The molecule has 80 valence electrons. The Kier molecular flexibility index (Phi) is 9.06. The summed E-state index contributed by atoms with van der Waals surface area (Å²) < 4.78 is 0. The minimum Gasteiger partial charge on any atom is -0.481 e. The minimum absolute atomic E-state index is 0.648. The fraction of sp³-hybridized carbons (Fsp3) is 0.545. The van der Waals surface area contributed by atoms with E-state index in [0.29, 0.717) is 6.42 Å². The van der Waals surface area contributed by atoms with E-state index >= 15 is 0 Å². The summed E-state index contributed by atoms with van der Waals surface area (Å²) in [6.45, 7) is 6.31. The van der Waals surface area contributed by atoms with E-state index in [9.17, 15) is 5.11 Å². The topological polar surface area (TPSA) is 57.5 Å². The quantitative estimate of drug-likeness (QED) is 0.411. The molecular formula is C11H18O3. The first kappa shape index (κ1) is 15.2. The third kappa shape index (κ3) is 17.0. The Hall–Kier alpha value is -1.27. The fourth-order valence-corrected chi connectivity index (χ4v) is 0.663. The van der Waals surface area contributed by atoms with Crippen LogP contribution >= 0.6 is 0 Å². The highest BCUT2D eigenvalue weighted by Gasteiger charge is 2.14. The number of hydrogen-bond donors (Lipinski definition) is 2. The lowest BCUT2D eigenvalue weighted by Crippen LogP contribution is -2.20. The molecule has 0 saturated carbocycles. The first-order valence-corrected chi connectivity index (χ1v) is 4.36. The Bertz CT molecular complexity index is 207. The van der Waals surface area contributed by atoms with Gasteiger partial charge < -0.3 is 10.2 Å². The molecule has 14 heavy (non-hydrogen) atoms. The maximum atomic E-state index is 9.28. The van der Waals surface area contributed by atoms with Gasteiger partial charge in [0.1, 0.15) is 5.60 Å². The number of aliphatic hydroxyl groups is 1. The van der Waals surface area contributed by atoms with Crippen LogP contribution in [0.25, 0.3) is 0 Å². The number of carboxylic acids is 1. The van der Waals surface area contributed by atoms with Crippen molar-refractivity contribution in [1.29, 1.82) is 0 Å². The van der Waals surface area contributed by atoms with Crippen molar-refractivity contribution in [3.05, 3.63) is 12.7 Å². The number of carboxylic acid groups (broad SMARTS) is 1. The molecule has 1 unspecified atom stereocenters. The number of allylic oxidation sites excluding steroid dienone is 1. The van der Waals surface area contributed by atoms with Crippen LogP contribution in [0, 0.1) is 12.3 Å². The molecule has 3 nitrogen and oxygen atoms in total. The van der Waals surface area contributed by atoms with Crippen molar-refractivity contribution in [3.8, 4) is 12.3 Å². The van der Waals surface area contributed by atoms with E-state index in [0.717, 1.165) is 19.8 Å². The largest absolute Gasteiger partial charge is 0.481 e. The molecule has 3 heteroatoms. The van der Waals surface area contributed by atoms with Crippen LogP contribution in [-0.2, 0) is 4.79 Å². The van der Waals surface area contributed by atoms with Crippen LogP contribution in [0.15, 0.2) is 12.7 Å². The maximum absolute atomic E-state index is 9.28. The van der Waals surface area contributed by atoms with Gasteiger partial charge in [-0.2, -0.15) is 0 Å². The summed E-state index contributed by atoms with van der Waals surface area (Å²) in [6.07, 6.45) is 9.36. The van der Waals surface area contributed by atoms with Crippen LogP contribution in [0.2, 0.25) is 0 Å². The molecule has 0 amide bonds. The molecule has 0 radical (unpaired) electrons. The third-order valence-electron chi connectivity index (χ3n) is 1.38.